The summed E-state index contributed by atoms with van der Waals surface area (Å²) in [5, 5.41) is 13.9. The van der Waals surface area contributed by atoms with Crippen LogP contribution in [-0.4, -0.2) is 35.9 Å². The Labute approximate surface area is 214 Å². The molecule has 176 valence electrons. The zero-order valence-corrected chi connectivity index (χ0v) is 21.1. The van der Waals surface area contributed by atoms with Gasteiger partial charge in [-0.05, 0) is 35.2 Å². The Kier molecular flexibility index (Phi) is 7.09. The van der Waals surface area contributed by atoms with Crippen molar-refractivity contribution >= 4 is 63.6 Å². The van der Waals surface area contributed by atoms with Crippen molar-refractivity contribution in [2.75, 3.05) is 14.2 Å². The lowest BCUT2D eigenvalue weighted by Crippen LogP contribution is -2.28. The molecule has 3 aromatic rings. The van der Waals surface area contributed by atoms with Gasteiger partial charge in [-0.25, -0.2) is 0 Å². The second kappa shape index (κ2) is 9.88. The maximum absolute atomic E-state index is 13.2. The van der Waals surface area contributed by atoms with Crippen molar-refractivity contribution in [2.24, 2.45) is 0 Å². The third-order valence-electron chi connectivity index (χ3n) is 5.43. The zero-order valence-electron chi connectivity index (χ0n) is 18.0. The number of hydrogen-bond acceptors (Lipinski definition) is 6. The number of aliphatic hydroxyl groups is 1. The van der Waals surface area contributed by atoms with E-state index in [4.69, 9.17) is 44.3 Å². The van der Waals surface area contributed by atoms with E-state index in [9.17, 15) is 14.7 Å². The lowest BCUT2D eigenvalue weighted by atomic mass is 9.95. The molecule has 1 aliphatic rings. The number of halogens is 3. The Morgan fingerprint density at radius 3 is 2.32 bits per heavy atom. The largest absolute Gasteiger partial charge is 0.507 e. The van der Waals surface area contributed by atoms with Crippen LogP contribution < -0.4 is 9.47 Å². The van der Waals surface area contributed by atoms with Crippen LogP contribution in [-0.2, 0) is 16.1 Å². The number of carbonyl (C=O) groups excluding carboxylic acids is 2. The molecule has 0 radical (unpaired) electrons. The fourth-order valence-corrected chi connectivity index (χ4v) is 5.41. The Morgan fingerprint density at radius 2 is 1.74 bits per heavy atom. The predicted octanol–water partition coefficient (Wildman–Crippen LogP) is 6.35. The van der Waals surface area contributed by atoms with Gasteiger partial charge in [0.25, 0.3) is 11.7 Å². The Balaban J connectivity index is 1.95. The normalized spacial score (nSPS) is 17.3. The highest BCUT2D eigenvalue weighted by Gasteiger charge is 2.46. The van der Waals surface area contributed by atoms with Crippen molar-refractivity contribution in [3.63, 3.8) is 0 Å². The number of ketones is 1. The molecule has 4 rings (SSSR count). The fourth-order valence-electron chi connectivity index (χ4n) is 3.90. The standard InChI is InChI=1S/C24H18Cl3NO5S/c1-32-22-15(10-16(26)23(33-2)18(22)27)20(29)17-19(12-5-7-13(25)8-6-12)28(24(31)21(17)30)11-14-4-3-9-34-14/h3-10,19,29H,11H2,1-2H3/b20-17+. The maximum atomic E-state index is 13.2. The summed E-state index contributed by atoms with van der Waals surface area (Å²) in [4.78, 5) is 28.7. The molecule has 0 bridgehead atoms. The van der Waals surface area contributed by atoms with Crippen LogP contribution in [0.5, 0.6) is 11.5 Å². The summed E-state index contributed by atoms with van der Waals surface area (Å²) in [5.41, 5.74) is 0.553. The number of carbonyl (C=O) groups is 2. The molecule has 6 nitrogen and oxygen atoms in total. The van der Waals surface area contributed by atoms with Gasteiger partial charge in [-0.1, -0.05) is 53.0 Å². The van der Waals surface area contributed by atoms with Crippen LogP contribution in [0, 0.1) is 0 Å². The topological polar surface area (TPSA) is 76.1 Å². The SMILES string of the molecule is COc1c(Cl)cc(/C(O)=C2\C(=O)C(=O)N(Cc3cccs3)C2c2ccc(Cl)cc2)c(OC)c1Cl. The molecule has 0 spiro atoms. The number of benzene rings is 2. The van der Waals surface area contributed by atoms with Crippen LogP contribution in [0.3, 0.4) is 0 Å². The van der Waals surface area contributed by atoms with Crippen LogP contribution in [0.1, 0.15) is 22.0 Å². The van der Waals surface area contributed by atoms with Crippen molar-refractivity contribution in [1.82, 2.24) is 4.90 Å². The smallest absolute Gasteiger partial charge is 0.295 e. The molecule has 2 aromatic carbocycles. The van der Waals surface area contributed by atoms with E-state index < -0.39 is 23.5 Å². The summed E-state index contributed by atoms with van der Waals surface area (Å²) < 4.78 is 10.6. The molecule has 1 fully saturated rings. The van der Waals surface area contributed by atoms with E-state index in [2.05, 4.69) is 0 Å². The Morgan fingerprint density at radius 1 is 1.06 bits per heavy atom. The minimum atomic E-state index is -0.872. The van der Waals surface area contributed by atoms with Gasteiger partial charge >= 0.3 is 0 Å². The van der Waals surface area contributed by atoms with Gasteiger partial charge in [0.1, 0.15) is 10.8 Å². The molecule has 1 amide bonds. The van der Waals surface area contributed by atoms with E-state index in [1.165, 1.54) is 36.5 Å². The number of hydrogen-bond donors (Lipinski definition) is 1. The molecule has 1 unspecified atom stereocenters. The van der Waals surface area contributed by atoms with Gasteiger partial charge in [0.15, 0.2) is 11.5 Å². The monoisotopic (exact) mass is 537 g/mol. The van der Waals surface area contributed by atoms with E-state index >= 15 is 0 Å². The lowest BCUT2D eigenvalue weighted by Gasteiger charge is -2.25. The number of Topliss-reactive ketones (excluding diaryl/α,β-unsaturated/α-hetero) is 1. The summed E-state index contributed by atoms with van der Waals surface area (Å²) in [7, 11) is 2.75. The summed E-state index contributed by atoms with van der Waals surface area (Å²) in [6.07, 6.45) is 0. The molecule has 1 N–H and O–H groups in total. The van der Waals surface area contributed by atoms with E-state index in [1.807, 2.05) is 17.5 Å². The van der Waals surface area contributed by atoms with E-state index in [0.717, 1.165) is 4.88 Å². The lowest BCUT2D eigenvalue weighted by molar-refractivity contribution is -0.140. The van der Waals surface area contributed by atoms with Crippen molar-refractivity contribution < 1.29 is 24.2 Å². The second-order valence-electron chi connectivity index (χ2n) is 7.34. The zero-order chi connectivity index (χ0) is 24.6. The van der Waals surface area contributed by atoms with Crippen LogP contribution in [0.15, 0.2) is 53.4 Å². The molecule has 1 saturated heterocycles. The predicted molar refractivity (Wildman–Crippen MR) is 133 cm³/mol. The highest BCUT2D eigenvalue weighted by molar-refractivity contribution is 7.09. The molecule has 0 aliphatic carbocycles. The molecule has 1 atom stereocenters. The molecule has 34 heavy (non-hydrogen) atoms. The average molecular weight is 539 g/mol. The van der Waals surface area contributed by atoms with Gasteiger partial charge in [0, 0.05) is 9.90 Å². The highest BCUT2D eigenvalue weighted by atomic mass is 35.5. The number of amides is 1. The summed E-state index contributed by atoms with van der Waals surface area (Å²) >= 11 is 20.2. The third-order valence-corrected chi connectivity index (χ3v) is 7.16. The first-order chi connectivity index (χ1) is 16.3. The van der Waals surface area contributed by atoms with Gasteiger partial charge in [0.2, 0.25) is 0 Å². The minimum absolute atomic E-state index is 0.0231. The quantitative estimate of drug-likeness (QED) is 0.225. The summed E-state index contributed by atoms with van der Waals surface area (Å²) in [6.45, 7) is 0.188. The van der Waals surface area contributed by atoms with Gasteiger partial charge in [-0.2, -0.15) is 0 Å². The highest BCUT2D eigenvalue weighted by Crippen LogP contribution is 2.47. The minimum Gasteiger partial charge on any atom is -0.507 e. The fraction of sp³-hybridized carbons (Fsp3) is 0.167. The summed E-state index contributed by atoms with van der Waals surface area (Å²) in [6, 6.07) is 11.0. The van der Waals surface area contributed by atoms with Crippen molar-refractivity contribution in [1.29, 1.82) is 0 Å². The van der Waals surface area contributed by atoms with Crippen LogP contribution in [0.4, 0.5) is 0 Å². The van der Waals surface area contributed by atoms with Gasteiger partial charge in [-0.3, -0.25) is 9.59 Å². The van der Waals surface area contributed by atoms with Crippen LogP contribution >= 0.6 is 46.1 Å². The van der Waals surface area contributed by atoms with Crippen molar-refractivity contribution in [3.8, 4) is 11.5 Å². The molecule has 2 heterocycles. The first kappa shape index (κ1) is 24.4. The van der Waals surface area contributed by atoms with Crippen molar-refractivity contribution in [2.45, 2.75) is 12.6 Å². The number of nitrogens with zero attached hydrogens (tertiary/aromatic N) is 1. The number of ether oxygens (including phenoxy) is 2. The van der Waals surface area contributed by atoms with Crippen molar-refractivity contribution in [3.05, 3.63) is 84.5 Å². The Hall–Kier alpha value is -2.71. The van der Waals surface area contributed by atoms with Gasteiger partial charge < -0.3 is 19.5 Å². The van der Waals surface area contributed by atoms with Gasteiger partial charge in [-0.15, -0.1) is 11.3 Å². The molecular weight excluding hydrogens is 521 g/mol. The number of likely N-dealkylation sites (tertiary alicyclic amines) is 1. The molecule has 1 aromatic heterocycles. The van der Waals surface area contributed by atoms with Crippen LogP contribution in [0.25, 0.3) is 5.76 Å². The third kappa shape index (κ3) is 4.25. The van der Waals surface area contributed by atoms with Gasteiger partial charge in [0.05, 0.1) is 43.0 Å². The average Bonchev–Trinajstić information content (AvgIpc) is 3.42. The first-order valence-corrected chi connectivity index (χ1v) is 12.0. The number of methoxy groups -OCH3 is 2. The Bertz CT molecular complexity index is 1290. The van der Waals surface area contributed by atoms with E-state index in [-0.39, 0.29) is 39.2 Å². The number of thiophene rings is 1. The molecular formula is C24H18Cl3NO5S. The number of aliphatic hydroxyl groups excluding tert-OH is 1. The summed E-state index contributed by atoms with van der Waals surface area (Å²) in [5.74, 6) is -1.82. The van der Waals surface area contributed by atoms with E-state index in [0.29, 0.717) is 10.6 Å². The second-order valence-corrected chi connectivity index (χ2v) is 9.60. The molecule has 0 saturated carbocycles. The maximum Gasteiger partial charge on any atom is 0.295 e. The van der Waals surface area contributed by atoms with E-state index in [1.54, 1.807) is 24.3 Å². The molecule has 10 heteroatoms. The number of rotatable bonds is 6. The first-order valence-electron chi connectivity index (χ1n) is 9.95. The van der Waals surface area contributed by atoms with Crippen LogP contribution in [0.2, 0.25) is 15.1 Å². The molecule has 1 aliphatic heterocycles.